The van der Waals surface area contributed by atoms with E-state index >= 15 is 0 Å². The van der Waals surface area contributed by atoms with E-state index in [-0.39, 0.29) is 11.9 Å². The van der Waals surface area contributed by atoms with Crippen LogP contribution >= 0.6 is 11.8 Å². The van der Waals surface area contributed by atoms with Crippen LogP contribution in [0, 0.1) is 5.92 Å². The van der Waals surface area contributed by atoms with Gasteiger partial charge in [0.2, 0.25) is 5.91 Å². The van der Waals surface area contributed by atoms with Crippen molar-refractivity contribution in [3.8, 4) is 0 Å². The number of hydrogen-bond acceptors (Lipinski definition) is 3. The molecule has 0 aromatic carbocycles. The van der Waals surface area contributed by atoms with Crippen molar-refractivity contribution in [1.82, 2.24) is 10.6 Å². The van der Waals surface area contributed by atoms with Crippen LogP contribution in [0.2, 0.25) is 0 Å². The van der Waals surface area contributed by atoms with Crippen LogP contribution in [0.1, 0.15) is 20.3 Å². The zero-order valence-electron chi connectivity index (χ0n) is 8.30. The van der Waals surface area contributed by atoms with Crippen molar-refractivity contribution >= 4 is 17.7 Å². The zero-order valence-corrected chi connectivity index (χ0v) is 9.12. The van der Waals surface area contributed by atoms with Gasteiger partial charge in [0, 0.05) is 18.2 Å². The summed E-state index contributed by atoms with van der Waals surface area (Å²) < 4.78 is 0. The first kappa shape index (κ1) is 10.9. The Balaban J connectivity index is 2.16. The van der Waals surface area contributed by atoms with E-state index in [1.54, 1.807) is 11.8 Å². The normalized spacial score (nSPS) is 24.3. The summed E-state index contributed by atoms with van der Waals surface area (Å²) in [4.78, 5) is 11.5. The lowest BCUT2D eigenvalue weighted by molar-refractivity contribution is -0.122. The van der Waals surface area contributed by atoms with Gasteiger partial charge in [-0.05, 0) is 5.92 Å². The Bertz CT molecular complexity index is 169. The monoisotopic (exact) mass is 202 g/mol. The minimum absolute atomic E-state index is 0.0362. The number of thioether (sulfide) groups is 1. The van der Waals surface area contributed by atoms with Gasteiger partial charge < -0.3 is 5.32 Å². The number of rotatable bonds is 4. The molecule has 0 aromatic rings. The lowest BCUT2D eigenvalue weighted by atomic mass is 10.1. The van der Waals surface area contributed by atoms with E-state index in [4.69, 9.17) is 0 Å². The highest BCUT2D eigenvalue weighted by atomic mass is 32.2. The van der Waals surface area contributed by atoms with E-state index in [9.17, 15) is 4.79 Å². The summed E-state index contributed by atoms with van der Waals surface area (Å²) in [5, 5.41) is 6.11. The van der Waals surface area contributed by atoms with Crippen LogP contribution in [0.5, 0.6) is 0 Å². The third kappa shape index (κ3) is 3.56. The fourth-order valence-corrected chi connectivity index (χ4v) is 2.05. The molecule has 1 amide bonds. The highest BCUT2D eigenvalue weighted by molar-refractivity contribution is 7.99. The molecule has 76 valence electrons. The van der Waals surface area contributed by atoms with Crippen LogP contribution in [-0.2, 0) is 4.79 Å². The largest absolute Gasteiger partial charge is 0.354 e. The first-order valence-corrected chi connectivity index (χ1v) is 5.98. The summed E-state index contributed by atoms with van der Waals surface area (Å²) in [6, 6.07) is 0.0362. The third-order valence-electron chi connectivity index (χ3n) is 2.35. The van der Waals surface area contributed by atoms with Crippen LogP contribution in [0.4, 0.5) is 0 Å². The molecule has 1 aliphatic heterocycles. The van der Waals surface area contributed by atoms with Gasteiger partial charge in [-0.1, -0.05) is 20.3 Å². The molecule has 1 rings (SSSR count). The number of nitrogens with one attached hydrogen (secondary N) is 2. The Morgan fingerprint density at radius 3 is 3.08 bits per heavy atom. The SMILES string of the molecule is CCC(C)CNC(=O)C1CSCN1. The Morgan fingerprint density at radius 2 is 2.54 bits per heavy atom. The van der Waals surface area contributed by atoms with E-state index in [1.165, 1.54) is 0 Å². The number of amides is 1. The molecule has 2 unspecified atom stereocenters. The quantitative estimate of drug-likeness (QED) is 0.709. The molecule has 4 heteroatoms. The summed E-state index contributed by atoms with van der Waals surface area (Å²) in [5.41, 5.74) is 0. The summed E-state index contributed by atoms with van der Waals surface area (Å²) in [5.74, 6) is 2.55. The molecule has 0 aliphatic carbocycles. The fourth-order valence-electron chi connectivity index (χ4n) is 1.11. The van der Waals surface area contributed by atoms with E-state index in [1.807, 2.05) is 0 Å². The second kappa shape index (κ2) is 5.50. The van der Waals surface area contributed by atoms with Crippen LogP contribution in [-0.4, -0.2) is 30.1 Å². The van der Waals surface area contributed by atoms with Crippen molar-refractivity contribution in [2.24, 2.45) is 5.92 Å². The first-order valence-electron chi connectivity index (χ1n) is 4.83. The van der Waals surface area contributed by atoms with E-state index in [0.29, 0.717) is 5.92 Å². The molecule has 1 heterocycles. The molecule has 1 fully saturated rings. The summed E-state index contributed by atoms with van der Waals surface area (Å²) in [7, 11) is 0. The summed E-state index contributed by atoms with van der Waals surface area (Å²) >= 11 is 1.78. The van der Waals surface area contributed by atoms with Crippen molar-refractivity contribution in [3.63, 3.8) is 0 Å². The van der Waals surface area contributed by atoms with Gasteiger partial charge in [0.05, 0.1) is 6.04 Å². The van der Waals surface area contributed by atoms with Gasteiger partial charge >= 0.3 is 0 Å². The molecule has 0 aromatic heterocycles. The van der Waals surface area contributed by atoms with Crippen LogP contribution in [0.25, 0.3) is 0 Å². The molecule has 3 nitrogen and oxygen atoms in total. The van der Waals surface area contributed by atoms with Crippen LogP contribution < -0.4 is 10.6 Å². The molecule has 0 saturated carbocycles. The van der Waals surface area contributed by atoms with Gasteiger partial charge in [-0.2, -0.15) is 0 Å². The molecule has 0 radical (unpaired) electrons. The average molecular weight is 202 g/mol. The second-order valence-corrected chi connectivity index (χ2v) is 4.56. The molecular formula is C9H18N2OS. The lowest BCUT2D eigenvalue weighted by Crippen LogP contribution is -2.43. The predicted octanol–water partition coefficient (Wildman–Crippen LogP) is 0.811. The fraction of sp³-hybridized carbons (Fsp3) is 0.889. The predicted molar refractivity (Wildman–Crippen MR) is 56.7 cm³/mol. The number of carbonyl (C=O) groups excluding carboxylic acids is 1. The van der Waals surface area contributed by atoms with Gasteiger partial charge in [-0.3, -0.25) is 10.1 Å². The van der Waals surface area contributed by atoms with Crippen molar-refractivity contribution in [2.75, 3.05) is 18.2 Å². The standard InChI is InChI=1S/C9H18N2OS/c1-3-7(2)4-10-9(12)8-5-13-6-11-8/h7-8,11H,3-6H2,1-2H3,(H,10,12). The van der Waals surface area contributed by atoms with E-state index in [2.05, 4.69) is 24.5 Å². The third-order valence-corrected chi connectivity index (χ3v) is 3.29. The van der Waals surface area contributed by atoms with Crippen molar-refractivity contribution in [2.45, 2.75) is 26.3 Å². The Morgan fingerprint density at radius 1 is 1.77 bits per heavy atom. The minimum Gasteiger partial charge on any atom is -0.354 e. The molecule has 13 heavy (non-hydrogen) atoms. The summed E-state index contributed by atoms with van der Waals surface area (Å²) in [6.07, 6.45) is 1.12. The van der Waals surface area contributed by atoms with Gasteiger partial charge in [-0.25, -0.2) is 0 Å². The van der Waals surface area contributed by atoms with Gasteiger partial charge in [0.1, 0.15) is 0 Å². The Hall–Kier alpha value is -0.220. The first-order chi connectivity index (χ1) is 6.24. The smallest absolute Gasteiger partial charge is 0.238 e. The topological polar surface area (TPSA) is 41.1 Å². The Kier molecular flexibility index (Phi) is 4.59. The van der Waals surface area contributed by atoms with Crippen LogP contribution in [0.3, 0.4) is 0 Å². The van der Waals surface area contributed by atoms with Gasteiger partial charge in [-0.15, -0.1) is 11.8 Å². The molecule has 0 spiro atoms. The molecule has 2 N–H and O–H groups in total. The minimum atomic E-state index is 0.0362. The van der Waals surface area contributed by atoms with Crippen molar-refractivity contribution in [3.05, 3.63) is 0 Å². The molecule has 1 saturated heterocycles. The maximum atomic E-state index is 11.5. The lowest BCUT2D eigenvalue weighted by Gasteiger charge is -2.13. The number of hydrogen-bond donors (Lipinski definition) is 2. The highest BCUT2D eigenvalue weighted by Crippen LogP contribution is 2.09. The van der Waals surface area contributed by atoms with Crippen molar-refractivity contribution < 1.29 is 4.79 Å². The highest BCUT2D eigenvalue weighted by Gasteiger charge is 2.21. The van der Waals surface area contributed by atoms with Crippen molar-refractivity contribution in [1.29, 1.82) is 0 Å². The maximum absolute atomic E-state index is 11.5. The van der Waals surface area contributed by atoms with Crippen LogP contribution in [0.15, 0.2) is 0 Å². The second-order valence-electron chi connectivity index (χ2n) is 3.53. The van der Waals surface area contributed by atoms with Gasteiger partial charge in [0.15, 0.2) is 0 Å². The average Bonchev–Trinajstić information content (AvgIpc) is 2.66. The van der Waals surface area contributed by atoms with E-state index < -0.39 is 0 Å². The summed E-state index contributed by atoms with van der Waals surface area (Å²) in [6.45, 7) is 5.09. The maximum Gasteiger partial charge on any atom is 0.238 e. The Labute approximate surface area is 84.0 Å². The molecular weight excluding hydrogens is 184 g/mol. The molecule has 1 aliphatic rings. The zero-order chi connectivity index (χ0) is 9.68. The molecule has 2 atom stereocenters. The van der Waals surface area contributed by atoms with Gasteiger partial charge in [0.25, 0.3) is 0 Å². The molecule has 0 bridgehead atoms. The van der Waals surface area contributed by atoms with E-state index in [0.717, 1.165) is 24.6 Å². The number of carbonyl (C=O) groups is 1.